The molecule has 0 radical (unpaired) electrons. The number of hydrazine groups is 1. The highest BCUT2D eigenvalue weighted by Gasteiger charge is 2.34. The lowest BCUT2D eigenvalue weighted by atomic mass is 10.1. The Morgan fingerprint density at radius 3 is 2.47 bits per heavy atom. The third-order valence-electron chi connectivity index (χ3n) is 5.10. The maximum absolute atomic E-state index is 12.9. The summed E-state index contributed by atoms with van der Waals surface area (Å²) in [5.74, 6) is -1.12. The van der Waals surface area contributed by atoms with Crippen LogP contribution < -0.4 is 5.43 Å². The number of nitrogens with zero attached hydrogens (tertiary/aromatic N) is 2. The first-order valence-corrected chi connectivity index (χ1v) is 12.9. The molecule has 2 amide bonds. The minimum atomic E-state index is -0.578. The Balaban J connectivity index is 1.55. The van der Waals surface area contributed by atoms with E-state index in [0.717, 1.165) is 32.8 Å². The molecule has 0 aliphatic carbocycles. The van der Waals surface area contributed by atoms with Gasteiger partial charge in [0.25, 0.3) is 17.5 Å². The van der Waals surface area contributed by atoms with Gasteiger partial charge in [0.1, 0.15) is 0 Å². The van der Waals surface area contributed by atoms with Crippen LogP contribution in [0, 0.1) is 24.0 Å². The maximum Gasteiger partial charge on any atom is 0.285 e. The van der Waals surface area contributed by atoms with Crippen molar-refractivity contribution in [1.29, 1.82) is 0 Å². The average Bonchev–Trinajstić information content (AvgIpc) is 3.08. The van der Waals surface area contributed by atoms with Crippen molar-refractivity contribution in [2.24, 2.45) is 0 Å². The van der Waals surface area contributed by atoms with Gasteiger partial charge in [-0.15, -0.1) is 0 Å². The van der Waals surface area contributed by atoms with Gasteiger partial charge >= 0.3 is 0 Å². The van der Waals surface area contributed by atoms with Crippen molar-refractivity contribution in [3.05, 3.63) is 103 Å². The Hall–Kier alpha value is -3.18. The second-order valence-corrected chi connectivity index (χ2v) is 11.0. The number of thioether (sulfide) groups is 1. The molecule has 3 aromatic carbocycles. The fraction of sp³-hybridized carbons (Fsp3) is 0.0800. The zero-order valence-corrected chi connectivity index (χ0v) is 22.2. The third kappa shape index (κ3) is 5.79. The molecule has 0 saturated carbocycles. The zero-order chi connectivity index (χ0) is 26.0. The molecule has 1 saturated heterocycles. The van der Waals surface area contributed by atoms with Crippen molar-refractivity contribution in [3.8, 4) is 0 Å². The smallest absolute Gasteiger partial charge is 0.267 e. The molecule has 36 heavy (non-hydrogen) atoms. The minimum Gasteiger partial charge on any atom is -0.267 e. The molecule has 0 spiro atoms. The van der Waals surface area contributed by atoms with E-state index in [2.05, 4.69) is 5.43 Å². The van der Waals surface area contributed by atoms with Gasteiger partial charge in [-0.3, -0.25) is 25.1 Å². The van der Waals surface area contributed by atoms with Gasteiger partial charge in [0, 0.05) is 11.0 Å². The van der Waals surface area contributed by atoms with Crippen LogP contribution in [0.5, 0.6) is 0 Å². The lowest BCUT2D eigenvalue weighted by Crippen LogP contribution is -2.44. The lowest BCUT2D eigenvalue weighted by Gasteiger charge is -2.16. The number of rotatable bonds is 6. The number of hydrogen-bond acceptors (Lipinski definition) is 7. The summed E-state index contributed by atoms with van der Waals surface area (Å²) in [6.45, 7) is 3.82. The standard InChI is InChI=1S/C25H18ClN3O4S3/c1-14-3-7-17(8-4-14)35-21-10-6-16(12-20(21)29(32)33)13-22-24(31)28(25(34)36-22)27-23(30)18-9-5-15(2)11-19(18)26/h3-13H,1-2H3,(H,27,30). The lowest BCUT2D eigenvalue weighted by molar-refractivity contribution is -0.387. The number of nitro benzene ring substituents is 1. The molecule has 182 valence electrons. The Kier molecular flexibility index (Phi) is 7.79. The van der Waals surface area contributed by atoms with Gasteiger partial charge in [-0.2, -0.15) is 5.01 Å². The molecule has 0 unspecified atom stereocenters. The van der Waals surface area contributed by atoms with Gasteiger partial charge in [-0.25, -0.2) is 0 Å². The predicted molar refractivity (Wildman–Crippen MR) is 147 cm³/mol. The van der Waals surface area contributed by atoms with E-state index in [0.29, 0.717) is 10.5 Å². The molecule has 1 fully saturated rings. The highest BCUT2D eigenvalue weighted by atomic mass is 35.5. The molecule has 1 heterocycles. The molecule has 1 aliphatic rings. The highest BCUT2D eigenvalue weighted by Crippen LogP contribution is 2.37. The van der Waals surface area contributed by atoms with Gasteiger partial charge in [0.15, 0.2) is 4.32 Å². The van der Waals surface area contributed by atoms with E-state index in [1.807, 2.05) is 38.1 Å². The fourth-order valence-corrected chi connectivity index (χ4v) is 5.67. The summed E-state index contributed by atoms with van der Waals surface area (Å²) in [4.78, 5) is 38.5. The maximum atomic E-state index is 12.9. The van der Waals surface area contributed by atoms with E-state index in [1.54, 1.807) is 30.3 Å². The molecule has 3 aromatic rings. The van der Waals surface area contributed by atoms with Crippen LogP contribution in [0.2, 0.25) is 5.02 Å². The number of carbonyl (C=O) groups excluding carboxylic acids is 2. The summed E-state index contributed by atoms with van der Waals surface area (Å²) < 4.78 is 0.129. The van der Waals surface area contributed by atoms with Gasteiger partial charge in [0.05, 0.1) is 25.3 Å². The largest absolute Gasteiger partial charge is 0.285 e. The van der Waals surface area contributed by atoms with Gasteiger partial charge in [-0.05, 0) is 73.6 Å². The Morgan fingerprint density at radius 2 is 1.81 bits per heavy atom. The SMILES string of the molecule is Cc1ccc(Sc2ccc(C=C3SC(=S)N(NC(=O)c4ccc(C)cc4Cl)C3=O)cc2[N+](=O)[O-])cc1. The minimum absolute atomic E-state index is 0.0767. The van der Waals surface area contributed by atoms with E-state index in [4.69, 9.17) is 23.8 Å². The topological polar surface area (TPSA) is 92.6 Å². The van der Waals surface area contributed by atoms with Gasteiger partial charge in [0.2, 0.25) is 0 Å². The summed E-state index contributed by atoms with van der Waals surface area (Å²) in [6.07, 6.45) is 1.51. The summed E-state index contributed by atoms with van der Waals surface area (Å²) in [6, 6.07) is 17.4. The van der Waals surface area contributed by atoms with Crippen molar-refractivity contribution in [2.45, 2.75) is 23.6 Å². The average molecular weight is 556 g/mol. The second-order valence-electron chi connectivity index (χ2n) is 7.84. The Morgan fingerprint density at radius 1 is 1.11 bits per heavy atom. The number of thiocarbonyl (C=S) groups is 1. The van der Waals surface area contributed by atoms with Crippen molar-refractivity contribution in [2.75, 3.05) is 0 Å². The van der Waals surface area contributed by atoms with Crippen LogP contribution in [0.4, 0.5) is 5.69 Å². The number of carbonyl (C=O) groups is 2. The Bertz CT molecular complexity index is 1440. The highest BCUT2D eigenvalue weighted by molar-refractivity contribution is 8.26. The number of nitro groups is 1. The number of benzene rings is 3. The Labute approximate surface area is 226 Å². The van der Waals surface area contributed by atoms with Crippen molar-refractivity contribution in [3.63, 3.8) is 0 Å². The summed E-state index contributed by atoms with van der Waals surface area (Å²) in [5, 5.41) is 13.0. The van der Waals surface area contributed by atoms with Crippen LogP contribution in [-0.4, -0.2) is 26.1 Å². The quantitative estimate of drug-likeness (QED) is 0.159. The molecule has 1 aliphatic heterocycles. The normalized spacial score (nSPS) is 14.4. The van der Waals surface area contributed by atoms with Crippen molar-refractivity contribution < 1.29 is 14.5 Å². The van der Waals surface area contributed by atoms with E-state index in [-0.39, 0.29) is 25.5 Å². The van der Waals surface area contributed by atoms with Gasteiger partial charge < -0.3 is 0 Å². The first-order chi connectivity index (χ1) is 17.1. The molecule has 7 nitrogen and oxygen atoms in total. The van der Waals surface area contributed by atoms with Crippen LogP contribution >= 0.6 is 47.3 Å². The number of nitrogens with one attached hydrogen (secondary N) is 1. The van der Waals surface area contributed by atoms with E-state index >= 15 is 0 Å². The molecule has 11 heteroatoms. The van der Waals surface area contributed by atoms with Crippen LogP contribution in [0.1, 0.15) is 27.0 Å². The second kappa shape index (κ2) is 10.8. The van der Waals surface area contributed by atoms with Crippen molar-refractivity contribution in [1.82, 2.24) is 10.4 Å². The van der Waals surface area contributed by atoms with Crippen molar-refractivity contribution >= 4 is 75.2 Å². The first kappa shape index (κ1) is 25.9. The molecule has 1 N–H and O–H groups in total. The number of amides is 2. The van der Waals surface area contributed by atoms with Crippen LogP contribution in [0.3, 0.4) is 0 Å². The molecule has 4 rings (SSSR count). The fourth-order valence-electron chi connectivity index (χ4n) is 3.27. The molecule has 0 bridgehead atoms. The molecular weight excluding hydrogens is 538 g/mol. The zero-order valence-electron chi connectivity index (χ0n) is 19.0. The van der Waals surface area contributed by atoms with Crippen LogP contribution in [-0.2, 0) is 4.79 Å². The third-order valence-corrected chi connectivity index (χ3v) is 7.79. The summed E-state index contributed by atoms with van der Waals surface area (Å²) in [7, 11) is 0. The van der Waals surface area contributed by atoms with E-state index < -0.39 is 16.7 Å². The molecule has 0 atom stereocenters. The van der Waals surface area contributed by atoms with E-state index in [1.165, 1.54) is 23.9 Å². The monoisotopic (exact) mass is 555 g/mol. The number of halogens is 1. The number of aryl methyl sites for hydroxylation is 2. The molecular formula is C25H18ClN3O4S3. The summed E-state index contributed by atoms with van der Waals surface area (Å²) >= 11 is 13.7. The predicted octanol–water partition coefficient (Wildman–Crippen LogP) is 6.56. The summed E-state index contributed by atoms with van der Waals surface area (Å²) in [5.41, 5.74) is 5.07. The van der Waals surface area contributed by atoms with E-state index in [9.17, 15) is 19.7 Å². The van der Waals surface area contributed by atoms with Crippen LogP contribution in [0.15, 0.2) is 75.4 Å². The number of hydrogen-bond donors (Lipinski definition) is 1. The van der Waals surface area contributed by atoms with Gasteiger partial charge in [-0.1, -0.05) is 65.0 Å². The first-order valence-electron chi connectivity index (χ1n) is 10.5. The van der Waals surface area contributed by atoms with Crippen LogP contribution in [0.25, 0.3) is 6.08 Å². The molecule has 0 aromatic heterocycles.